The molecule has 23 heavy (non-hydrogen) atoms. The summed E-state index contributed by atoms with van der Waals surface area (Å²) >= 11 is 0. The van der Waals surface area contributed by atoms with Gasteiger partial charge in [-0.25, -0.2) is 0 Å². The van der Waals surface area contributed by atoms with Crippen molar-refractivity contribution in [3.05, 3.63) is 12.2 Å². The lowest BCUT2D eigenvalue weighted by molar-refractivity contribution is -0.221. The topological polar surface area (TPSA) is 71.1 Å². The van der Waals surface area contributed by atoms with Gasteiger partial charge in [-0.15, -0.1) is 0 Å². The van der Waals surface area contributed by atoms with E-state index in [2.05, 4.69) is 0 Å². The highest BCUT2D eigenvalue weighted by atomic mass is 16.7. The molecule has 2 aliphatic carbocycles. The highest BCUT2D eigenvalue weighted by Gasteiger charge is 2.54. The number of methoxy groups -OCH3 is 2. The molecule has 0 saturated heterocycles. The Labute approximate surface area is 137 Å². The summed E-state index contributed by atoms with van der Waals surface area (Å²) in [4.78, 5) is 25.2. The first kappa shape index (κ1) is 17.9. The number of carbonyl (C=O) groups is 2. The average Bonchev–Trinajstić information content (AvgIpc) is 3.06. The summed E-state index contributed by atoms with van der Waals surface area (Å²) in [6.45, 7) is 6.65. The van der Waals surface area contributed by atoms with E-state index in [1.54, 1.807) is 27.7 Å². The fraction of sp³-hybridized carbons (Fsp3) is 0.765. The molecule has 6 nitrogen and oxygen atoms in total. The first-order valence-corrected chi connectivity index (χ1v) is 7.84. The van der Waals surface area contributed by atoms with Crippen LogP contribution in [0.2, 0.25) is 0 Å². The van der Waals surface area contributed by atoms with Crippen molar-refractivity contribution in [1.82, 2.24) is 0 Å². The Morgan fingerprint density at radius 2 is 1.17 bits per heavy atom. The van der Waals surface area contributed by atoms with E-state index in [0.717, 1.165) is 6.42 Å². The van der Waals surface area contributed by atoms with Crippen molar-refractivity contribution in [2.75, 3.05) is 14.2 Å². The van der Waals surface area contributed by atoms with Crippen LogP contribution in [-0.2, 0) is 28.5 Å². The molecule has 0 amide bonds. The van der Waals surface area contributed by atoms with Gasteiger partial charge >= 0.3 is 11.9 Å². The van der Waals surface area contributed by atoms with Crippen molar-refractivity contribution in [3.8, 4) is 0 Å². The van der Waals surface area contributed by atoms with E-state index >= 15 is 0 Å². The molecular weight excluding hydrogens is 300 g/mol. The minimum absolute atomic E-state index is 0.00311. The molecule has 0 aromatic heterocycles. The molecule has 4 atom stereocenters. The maximum atomic E-state index is 12.6. The van der Waals surface area contributed by atoms with Crippen molar-refractivity contribution >= 4 is 11.9 Å². The molecule has 0 aliphatic heterocycles. The van der Waals surface area contributed by atoms with Crippen molar-refractivity contribution in [3.63, 3.8) is 0 Å². The Balaban J connectivity index is 2.16. The van der Waals surface area contributed by atoms with Crippen molar-refractivity contribution in [2.24, 2.45) is 23.7 Å². The molecule has 0 aromatic carbocycles. The van der Waals surface area contributed by atoms with Gasteiger partial charge in [0.15, 0.2) is 0 Å². The summed E-state index contributed by atoms with van der Waals surface area (Å²) in [5.74, 6) is -3.98. The molecular formula is C17H26O6. The van der Waals surface area contributed by atoms with Crippen LogP contribution in [0.3, 0.4) is 0 Å². The number of esters is 2. The third-order valence-electron chi connectivity index (χ3n) is 4.68. The number of allylic oxidation sites excluding steroid dienone is 2. The smallest absolute Gasteiger partial charge is 0.312 e. The van der Waals surface area contributed by atoms with Crippen LogP contribution in [0.1, 0.15) is 34.1 Å². The Hall–Kier alpha value is -1.40. The zero-order valence-electron chi connectivity index (χ0n) is 14.6. The standard InChI is InChI=1S/C17H26O6/c1-16(2,20-5)22-14(18)12-10-7-8-11(9-10)13(12)15(19)23-17(3,4)21-6/h7-8,10-13H,9H2,1-6H3. The normalized spacial score (nSPS) is 29.7. The molecule has 0 heterocycles. The quantitative estimate of drug-likeness (QED) is 0.424. The molecule has 2 rings (SSSR count). The van der Waals surface area contributed by atoms with Gasteiger partial charge in [-0.2, -0.15) is 0 Å². The van der Waals surface area contributed by atoms with E-state index in [4.69, 9.17) is 18.9 Å². The van der Waals surface area contributed by atoms with Gasteiger partial charge in [0.1, 0.15) is 0 Å². The molecule has 2 bridgehead atoms. The molecule has 0 N–H and O–H groups in total. The maximum absolute atomic E-state index is 12.6. The molecule has 0 aromatic rings. The molecule has 1 fully saturated rings. The van der Waals surface area contributed by atoms with Gasteiger partial charge in [-0.1, -0.05) is 12.2 Å². The summed E-state index contributed by atoms with van der Waals surface area (Å²) in [5, 5.41) is 0. The van der Waals surface area contributed by atoms with Crippen molar-refractivity contribution in [2.45, 2.75) is 45.7 Å². The van der Waals surface area contributed by atoms with Crippen LogP contribution in [0.25, 0.3) is 0 Å². The fourth-order valence-corrected chi connectivity index (χ4v) is 3.17. The van der Waals surface area contributed by atoms with Crippen LogP contribution >= 0.6 is 0 Å². The predicted octanol–water partition coefficient (Wildman–Crippen LogP) is 2.28. The van der Waals surface area contributed by atoms with E-state index in [0.29, 0.717) is 0 Å². The maximum Gasteiger partial charge on any atom is 0.312 e. The van der Waals surface area contributed by atoms with Crippen LogP contribution < -0.4 is 0 Å². The number of rotatable bonds is 6. The summed E-state index contributed by atoms with van der Waals surface area (Å²) in [5.41, 5.74) is 0. The van der Waals surface area contributed by atoms with E-state index in [1.807, 2.05) is 12.2 Å². The van der Waals surface area contributed by atoms with Gasteiger partial charge in [0.2, 0.25) is 11.6 Å². The van der Waals surface area contributed by atoms with Crippen LogP contribution in [0.4, 0.5) is 0 Å². The first-order chi connectivity index (χ1) is 10.6. The van der Waals surface area contributed by atoms with E-state index in [9.17, 15) is 9.59 Å². The number of fused-ring (bicyclic) bond motifs is 2. The lowest BCUT2D eigenvalue weighted by Gasteiger charge is -2.31. The third-order valence-corrected chi connectivity index (χ3v) is 4.68. The molecule has 6 heteroatoms. The molecule has 2 aliphatic rings. The van der Waals surface area contributed by atoms with Crippen molar-refractivity contribution < 1.29 is 28.5 Å². The summed E-state index contributed by atoms with van der Waals surface area (Å²) in [6, 6.07) is 0. The second-order valence-corrected chi connectivity index (χ2v) is 7.05. The molecule has 130 valence electrons. The highest BCUT2D eigenvalue weighted by Crippen LogP contribution is 2.49. The number of hydrogen-bond acceptors (Lipinski definition) is 6. The minimum atomic E-state index is -1.02. The molecule has 1 saturated carbocycles. The lowest BCUT2D eigenvalue weighted by atomic mass is 9.83. The number of hydrogen-bond donors (Lipinski definition) is 0. The minimum Gasteiger partial charge on any atom is -0.433 e. The third kappa shape index (κ3) is 3.75. The zero-order valence-corrected chi connectivity index (χ0v) is 14.6. The number of ether oxygens (including phenoxy) is 4. The second kappa shape index (κ2) is 6.24. The lowest BCUT2D eigenvalue weighted by Crippen LogP contribution is -2.42. The fourth-order valence-electron chi connectivity index (χ4n) is 3.17. The van der Waals surface area contributed by atoms with Crippen LogP contribution in [0.15, 0.2) is 12.2 Å². The molecule has 0 radical (unpaired) electrons. The van der Waals surface area contributed by atoms with Gasteiger partial charge in [0.25, 0.3) is 0 Å². The Bertz CT molecular complexity index is 463. The summed E-state index contributed by atoms with van der Waals surface area (Å²) in [6.07, 6.45) is 4.74. The van der Waals surface area contributed by atoms with E-state index < -0.39 is 35.3 Å². The highest BCUT2D eigenvalue weighted by molar-refractivity contribution is 5.84. The molecule has 0 spiro atoms. The van der Waals surface area contributed by atoms with Crippen LogP contribution in [-0.4, -0.2) is 37.7 Å². The monoisotopic (exact) mass is 326 g/mol. The second-order valence-electron chi connectivity index (χ2n) is 7.05. The van der Waals surface area contributed by atoms with E-state index in [1.165, 1.54) is 14.2 Å². The molecule has 4 unspecified atom stereocenters. The predicted molar refractivity (Wildman–Crippen MR) is 82.1 cm³/mol. The largest absolute Gasteiger partial charge is 0.433 e. The van der Waals surface area contributed by atoms with Crippen LogP contribution in [0, 0.1) is 23.7 Å². The van der Waals surface area contributed by atoms with Gasteiger partial charge in [-0.3, -0.25) is 9.59 Å². The average molecular weight is 326 g/mol. The van der Waals surface area contributed by atoms with E-state index in [-0.39, 0.29) is 11.8 Å². The van der Waals surface area contributed by atoms with Crippen LogP contribution in [0.5, 0.6) is 0 Å². The first-order valence-electron chi connectivity index (χ1n) is 7.84. The number of carbonyl (C=O) groups excluding carboxylic acids is 2. The Kier molecular flexibility index (Phi) is 4.87. The van der Waals surface area contributed by atoms with Gasteiger partial charge in [0, 0.05) is 41.9 Å². The van der Waals surface area contributed by atoms with Gasteiger partial charge in [0.05, 0.1) is 11.8 Å². The van der Waals surface area contributed by atoms with Crippen molar-refractivity contribution in [1.29, 1.82) is 0 Å². The van der Waals surface area contributed by atoms with Gasteiger partial charge < -0.3 is 18.9 Å². The van der Waals surface area contributed by atoms with Gasteiger partial charge in [-0.05, 0) is 18.3 Å². The zero-order chi connectivity index (χ0) is 17.4. The Morgan fingerprint density at radius 1 is 0.826 bits per heavy atom. The summed E-state index contributed by atoms with van der Waals surface area (Å²) in [7, 11) is 2.95. The SMILES string of the molecule is COC(C)(C)OC(=O)C1C2C=CC(C2)C1C(=O)OC(C)(C)OC. The summed E-state index contributed by atoms with van der Waals surface area (Å²) < 4.78 is 21.1. The Morgan fingerprint density at radius 3 is 1.48 bits per heavy atom.